The number of likely N-dealkylation sites (tertiary alicyclic amines) is 1. The van der Waals surface area contributed by atoms with Gasteiger partial charge in [0.05, 0.1) is 5.69 Å². The van der Waals surface area contributed by atoms with Gasteiger partial charge >= 0.3 is 0 Å². The van der Waals surface area contributed by atoms with E-state index in [9.17, 15) is 4.79 Å². The Morgan fingerprint density at radius 3 is 2.57 bits per heavy atom. The molecule has 130 valence electrons. The molecule has 1 fully saturated rings. The first-order valence-electron chi connectivity index (χ1n) is 8.91. The third-order valence-electron chi connectivity index (χ3n) is 4.76. The zero-order valence-corrected chi connectivity index (χ0v) is 15.4. The molecule has 0 aliphatic carbocycles. The van der Waals surface area contributed by atoms with Crippen molar-refractivity contribution in [1.82, 2.24) is 19.6 Å². The molecule has 1 amide bonds. The standard InChI is InChI=1S/C18H32N4O/c1-14(2)12-16-13-17(21(5)19-16)18(23)20(4)11-8-15(3)22-9-6-7-10-22/h13-15H,6-12H2,1-5H3. The van der Waals surface area contributed by atoms with E-state index in [-0.39, 0.29) is 5.91 Å². The van der Waals surface area contributed by atoms with Gasteiger partial charge in [0.2, 0.25) is 0 Å². The fourth-order valence-corrected chi connectivity index (χ4v) is 3.29. The second-order valence-corrected chi connectivity index (χ2v) is 7.35. The number of aromatic nitrogens is 2. The van der Waals surface area contributed by atoms with Gasteiger partial charge in [-0.2, -0.15) is 5.10 Å². The first-order chi connectivity index (χ1) is 10.9. The maximum atomic E-state index is 12.6. The van der Waals surface area contributed by atoms with Crippen LogP contribution in [0.4, 0.5) is 0 Å². The summed E-state index contributed by atoms with van der Waals surface area (Å²) in [5.41, 5.74) is 1.70. The van der Waals surface area contributed by atoms with Crippen molar-refractivity contribution >= 4 is 5.91 Å². The summed E-state index contributed by atoms with van der Waals surface area (Å²) in [6.45, 7) is 9.82. The molecule has 0 radical (unpaired) electrons. The minimum absolute atomic E-state index is 0.0728. The quantitative estimate of drug-likeness (QED) is 0.775. The van der Waals surface area contributed by atoms with Crippen molar-refractivity contribution < 1.29 is 4.79 Å². The molecule has 1 aromatic heterocycles. The van der Waals surface area contributed by atoms with Gasteiger partial charge in [-0.25, -0.2) is 0 Å². The summed E-state index contributed by atoms with van der Waals surface area (Å²) in [5, 5.41) is 4.47. The number of carbonyl (C=O) groups is 1. The Kier molecular flexibility index (Phi) is 6.22. The number of amides is 1. The van der Waals surface area contributed by atoms with Gasteiger partial charge in [0, 0.05) is 26.7 Å². The maximum absolute atomic E-state index is 12.6. The van der Waals surface area contributed by atoms with Crippen LogP contribution in [0.3, 0.4) is 0 Å². The molecule has 1 saturated heterocycles. The van der Waals surface area contributed by atoms with Crippen molar-refractivity contribution in [3.05, 3.63) is 17.5 Å². The van der Waals surface area contributed by atoms with E-state index in [0.717, 1.165) is 25.1 Å². The highest BCUT2D eigenvalue weighted by Crippen LogP contribution is 2.15. The van der Waals surface area contributed by atoms with Crippen LogP contribution >= 0.6 is 0 Å². The molecule has 23 heavy (non-hydrogen) atoms. The van der Waals surface area contributed by atoms with Crippen molar-refractivity contribution in [2.24, 2.45) is 13.0 Å². The molecule has 0 spiro atoms. The van der Waals surface area contributed by atoms with Gasteiger partial charge < -0.3 is 9.80 Å². The summed E-state index contributed by atoms with van der Waals surface area (Å²) in [5.74, 6) is 0.621. The number of carbonyl (C=O) groups excluding carboxylic acids is 1. The molecule has 5 nitrogen and oxygen atoms in total. The molecule has 1 unspecified atom stereocenters. The van der Waals surface area contributed by atoms with Crippen molar-refractivity contribution in [2.45, 2.75) is 52.5 Å². The van der Waals surface area contributed by atoms with Crippen molar-refractivity contribution in [3.63, 3.8) is 0 Å². The fraction of sp³-hybridized carbons (Fsp3) is 0.778. The molecule has 1 aliphatic heterocycles. The first-order valence-corrected chi connectivity index (χ1v) is 8.91. The predicted octanol–water partition coefficient (Wildman–Crippen LogP) is 2.57. The Hall–Kier alpha value is -1.36. The van der Waals surface area contributed by atoms with Crippen LogP contribution in [-0.2, 0) is 13.5 Å². The SMILES string of the molecule is CC(C)Cc1cc(C(=O)N(C)CCC(C)N2CCCC2)n(C)n1. The van der Waals surface area contributed by atoms with Crippen molar-refractivity contribution in [2.75, 3.05) is 26.7 Å². The van der Waals surface area contributed by atoms with Gasteiger partial charge in [-0.1, -0.05) is 13.8 Å². The van der Waals surface area contributed by atoms with Gasteiger partial charge in [0.1, 0.15) is 5.69 Å². The highest BCUT2D eigenvalue weighted by molar-refractivity contribution is 5.92. The smallest absolute Gasteiger partial charge is 0.271 e. The molecule has 2 heterocycles. The van der Waals surface area contributed by atoms with E-state index < -0.39 is 0 Å². The van der Waals surface area contributed by atoms with Crippen LogP contribution in [0.1, 0.15) is 56.2 Å². The second-order valence-electron chi connectivity index (χ2n) is 7.35. The van der Waals surface area contributed by atoms with Gasteiger partial charge in [-0.15, -0.1) is 0 Å². The van der Waals surface area contributed by atoms with Crippen molar-refractivity contribution in [3.8, 4) is 0 Å². The molecular weight excluding hydrogens is 288 g/mol. The Morgan fingerprint density at radius 2 is 1.96 bits per heavy atom. The van der Waals surface area contributed by atoms with Gasteiger partial charge in [-0.05, 0) is 57.7 Å². The van der Waals surface area contributed by atoms with E-state index in [1.807, 2.05) is 25.1 Å². The van der Waals surface area contributed by atoms with Crippen LogP contribution in [0.25, 0.3) is 0 Å². The Morgan fingerprint density at radius 1 is 1.30 bits per heavy atom. The highest BCUT2D eigenvalue weighted by Gasteiger charge is 2.21. The first kappa shape index (κ1) is 18.0. The zero-order chi connectivity index (χ0) is 17.0. The maximum Gasteiger partial charge on any atom is 0.271 e. The van der Waals surface area contributed by atoms with Crippen LogP contribution in [0.2, 0.25) is 0 Å². The minimum atomic E-state index is 0.0728. The average Bonchev–Trinajstić information content (AvgIpc) is 3.12. The number of hydrogen-bond donors (Lipinski definition) is 0. The molecule has 0 bridgehead atoms. The van der Waals surface area contributed by atoms with E-state index in [0.29, 0.717) is 17.7 Å². The number of nitrogens with zero attached hydrogens (tertiary/aromatic N) is 4. The summed E-state index contributed by atoms with van der Waals surface area (Å²) >= 11 is 0. The zero-order valence-electron chi connectivity index (χ0n) is 15.4. The lowest BCUT2D eigenvalue weighted by Crippen LogP contribution is -2.36. The van der Waals surface area contributed by atoms with E-state index in [1.54, 1.807) is 4.68 Å². The van der Waals surface area contributed by atoms with Crippen LogP contribution in [-0.4, -0.2) is 58.2 Å². The second kappa shape index (κ2) is 7.95. The number of hydrogen-bond acceptors (Lipinski definition) is 3. The number of rotatable bonds is 7. The fourth-order valence-electron chi connectivity index (χ4n) is 3.29. The molecule has 1 aromatic rings. The molecule has 1 atom stereocenters. The molecule has 0 N–H and O–H groups in total. The van der Waals surface area contributed by atoms with E-state index in [4.69, 9.17) is 0 Å². The molecule has 1 aliphatic rings. The molecule has 0 saturated carbocycles. The minimum Gasteiger partial charge on any atom is -0.340 e. The summed E-state index contributed by atoms with van der Waals surface area (Å²) < 4.78 is 1.72. The normalized spacial score (nSPS) is 17.0. The summed E-state index contributed by atoms with van der Waals surface area (Å²) in [6, 6.07) is 2.50. The summed E-state index contributed by atoms with van der Waals surface area (Å²) in [6.07, 6.45) is 4.56. The topological polar surface area (TPSA) is 41.4 Å². The van der Waals surface area contributed by atoms with E-state index >= 15 is 0 Å². The third kappa shape index (κ3) is 4.80. The van der Waals surface area contributed by atoms with Crippen LogP contribution < -0.4 is 0 Å². The number of aryl methyl sites for hydroxylation is 1. The Bertz CT molecular complexity index is 517. The Balaban J connectivity index is 1.90. The average molecular weight is 320 g/mol. The largest absolute Gasteiger partial charge is 0.340 e. The van der Waals surface area contributed by atoms with Crippen molar-refractivity contribution in [1.29, 1.82) is 0 Å². The molecule has 5 heteroatoms. The van der Waals surface area contributed by atoms with Crippen LogP contribution in [0, 0.1) is 5.92 Å². The highest BCUT2D eigenvalue weighted by atomic mass is 16.2. The summed E-state index contributed by atoms with van der Waals surface area (Å²) in [7, 11) is 3.76. The van der Waals surface area contributed by atoms with Crippen LogP contribution in [0.5, 0.6) is 0 Å². The van der Waals surface area contributed by atoms with Gasteiger partial charge in [0.25, 0.3) is 5.91 Å². The lowest BCUT2D eigenvalue weighted by molar-refractivity contribution is 0.0770. The van der Waals surface area contributed by atoms with E-state index in [1.165, 1.54) is 25.9 Å². The molecular formula is C18H32N4O. The summed E-state index contributed by atoms with van der Waals surface area (Å²) in [4.78, 5) is 17.0. The Labute approximate surface area is 140 Å². The lowest BCUT2D eigenvalue weighted by atomic mass is 10.1. The lowest BCUT2D eigenvalue weighted by Gasteiger charge is -2.26. The van der Waals surface area contributed by atoms with E-state index in [2.05, 4.69) is 30.8 Å². The monoisotopic (exact) mass is 320 g/mol. The van der Waals surface area contributed by atoms with Gasteiger partial charge in [0.15, 0.2) is 0 Å². The molecule has 0 aromatic carbocycles. The van der Waals surface area contributed by atoms with Crippen LogP contribution in [0.15, 0.2) is 6.07 Å². The third-order valence-corrected chi connectivity index (χ3v) is 4.76. The van der Waals surface area contributed by atoms with Gasteiger partial charge in [-0.3, -0.25) is 9.48 Å². The predicted molar refractivity (Wildman–Crippen MR) is 93.6 cm³/mol. The molecule has 2 rings (SSSR count).